The Kier molecular flexibility index (Phi) is 3.93. The molecule has 0 bridgehead atoms. The van der Waals surface area contributed by atoms with E-state index in [1.807, 2.05) is 13.8 Å². The topological polar surface area (TPSA) is 46.5 Å². The smallest absolute Gasteiger partial charge is 0.309 e. The quantitative estimate of drug-likeness (QED) is 0.741. The molecule has 1 rings (SSSR count). The van der Waals surface area contributed by atoms with E-state index in [2.05, 4.69) is 0 Å². The standard InChI is InChI=1S/C11H20O3/c1-3-11(4-2,10(12)13)8-9-6-5-7-14-9/h9H,3-8H2,1-2H3,(H,12,13). The molecule has 3 nitrogen and oxygen atoms in total. The highest BCUT2D eigenvalue weighted by Crippen LogP contribution is 2.35. The van der Waals surface area contributed by atoms with Crippen LogP contribution in [-0.4, -0.2) is 23.8 Å². The van der Waals surface area contributed by atoms with Gasteiger partial charge in [-0.25, -0.2) is 0 Å². The summed E-state index contributed by atoms with van der Waals surface area (Å²) in [4.78, 5) is 11.2. The molecule has 1 atom stereocenters. The Morgan fingerprint density at radius 2 is 2.14 bits per heavy atom. The van der Waals surface area contributed by atoms with Gasteiger partial charge < -0.3 is 9.84 Å². The van der Waals surface area contributed by atoms with Crippen LogP contribution in [0.4, 0.5) is 0 Å². The summed E-state index contributed by atoms with van der Waals surface area (Å²) in [5.74, 6) is -0.669. The number of carboxylic acid groups (broad SMARTS) is 1. The zero-order chi connectivity index (χ0) is 10.6. The molecule has 0 aromatic carbocycles. The van der Waals surface area contributed by atoms with E-state index in [-0.39, 0.29) is 6.10 Å². The predicted molar refractivity (Wildman–Crippen MR) is 54.2 cm³/mol. The largest absolute Gasteiger partial charge is 0.481 e. The van der Waals surface area contributed by atoms with Crippen molar-refractivity contribution in [2.45, 2.75) is 52.1 Å². The maximum Gasteiger partial charge on any atom is 0.309 e. The fraction of sp³-hybridized carbons (Fsp3) is 0.909. The van der Waals surface area contributed by atoms with Crippen LogP contribution in [-0.2, 0) is 9.53 Å². The molecule has 1 aliphatic heterocycles. The van der Waals surface area contributed by atoms with Crippen molar-refractivity contribution in [3.8, 4) is 0 Å². The van der Waals surface area contributed by atoms with Crippen molar-refractivity contribution in [3.63, 3.8) is 0 Å². The van der Waals surface area contributed by atoms with Crippen LogP contribution in [0.25, 0.3) is 0 Å². The van der Waals surface area contributed by atoms with Gasteiger partial charge in [0.05, 0.1) is 11.5 Å². The number of aliphatic carboxylic acids is 1. The molecular formula is C11H20O3. The van der Waals surface area contributed by atoms with E-state index in [1.54, 1.807) is 0 Å². The molecule has 0 amide bonds. The molecule has 0 aromatic heterocycles. The van der Waals surface area contributed by atoms with Gasteiger partial charge in [-0.1, -0.05) is 13.8 Å². The molecule has 1 N–H and O–H groups in total. The molecule has 14 heavy (non-hydrogen) atoms. The van der Waals surface area contributed by atoms with Gasteiger partial charge in [0.1, 0.15) is 0 Å². The summed E-state index contributed by atoms with van der Waals surface area (Å²) in [5, 5.41) is 9.23. The van der Waals surface area contributed by atoms with Gasteiger partial charge >= 0.3 is 5.97 Å². The van der Waals surface area contributed by atoms with Crippen LogP contribution in [0.3, 0.4) is 0 Å². The second-order valence-corrected chi connectivity index (χ2v) is 4.13. The molecule has 1 fully saturated rings. The van der Waals surface area contributed by atoms with Crippen LogP contribution in [0.1, 0.15) is 46.0 Å². The highest BCUT2D eigenvalue weighted by molar-refractivity contribution is 5.74. The van der Waals surface area contributed by atoms with E-state index in [9.17, 15) is 9.90 Å². The van der Waals surface area contributed by atoms with Crippen molar-refractivity contribution >= 4 is 5.97 Å². The fourth-order valence-electron chi connectivity index (χ4n) is 2.17. The Bertz CT molecular complexity index is 191. The van der Waals surface area contributed by atoms with Gasteiger partial charge in [0.25, 0.3) is 0 Å². The van der Waals surface area contributed by atoms with Crippen LogP contribution in [0.5, 0.6) is 0 Å². The summed E-state index contributed by atoms with van der Waals surface area (Å²) in [6, 6.07) is 0. The zero-order valence-electron chi connectivity index (χ0n) is 9.08. The number of hydrogen-bond acceptors (Lipinski definition) is 2. The highest BCUT2D eigenvalue weighted by atomic mass is 16.5. The van der Waals surface area contributed by atoms with Crippen molar-refractivity contribution in [3.05, 3.63) is 0 Å². The minimum absolute atomic E-state index is 0.172. The van der Waals surface area contributed by atoms with Gasteiger partial charge in [-0.05, 0) is 32.1 Å². The van der Waals surface area contributed by atoms with E-state index < -0.39 is 11.4 Å². The van der Waals surface area contributed by atoms with E-state index >= 15 is 0 Å². The number of rotatable bonds is 5. The second-order valence-electron chi connectivity index (χ2n) is 4.13. The van der Waals surface area contributed by atoms with E-state index in [4.69, 9.17) is 4.74 Å². The third kappa shape index (κ3) is 2.27. The van der Waals surface area contributed by atoms with Crippen molar-refractivity contribution in [2.75, 3.05) is 6.61 Å². The van der Waals surface area contributed by atoms with Gasteiger partial charge in [0, 0.05) is 6.61 Å². The first-order valence-corrected chi connectivity index (χ1v) is 5.49. The molecule has 0 aliphatic carbocycles. The molecule has 3 heteroatoms. The molecule has 0 saturated carbocycles. The molecule has 0 aromatic rings. The van der Waals surface area contributed by atoms with Crippen LogP contribution in [0, 0.1) is 5.41 Å². The monoisotopic (exact) mass is 200 g/mol. The van der Waals surface area contributed by atoms with Crippen molar-refractivity contribution in [1.82, 2.24) is 0 Å². The number of carboxylic acids is 1. The van der Waals surface area contributed by atoms with E-state index in [0.29, 0.717) is 19.3 Å². The van der Waals surface area contributed by atoms with E-state index in [0.717, 1.165) is 19.4 Å². The van der Waals surface area contributed by atoms with Gasteiger partial charge in [-0.2, -0.15) is 0 Å². The number of carbonyl (C=O) groups is 1. The normalized spacial score (nSPS) is 22.6. The summed E-state index contributed by atoms with van der Waals surface area (Å²) in [7, 11) is 0. The van der Waals surface area contributed by atoms with Crippen LogP contribution >= 0.6 is 0 Å². The first-order chi connectivity index (χ1) is 6.64. The van der Waals surface area contributed by atoms with Crippen LogP contribution in [0.2, 0.25) is 0 Å². The average molecular weight is 200 g/mol. The lowest BCUT2D eigenvalue weighted by Gasteiger charge is -2.29. The van der Waals surface area contributed by atoms with Crippen molar-refractivity contribution in [1.29, 1.82) is 0 Å². The van der Waals surface area contributed by atoms with Crippen LogP contribution in [0.15, 0.2) is 0 Å². The third-order valence-electron chi connectivity index (χ3n) is 3.45. The molecule has 1 saturated heterocycles. The summed E-state index contributed by atoms with van der Waals surface area (Å²) >= 11 is 0. The lowest BCUT2D eigenvalue weighted by atomic mass is 9.77. The van der Waals surface area contributed by atoms with Crippen molar-refractivity contribution < 1.29 is 14.6 Å². The van der Waals surface area contributed by atoms with E-state index in [1.165, 1.54) is 0 Å². The fourth-order valence-corrected chi connectivity index (χ4v) is 2.17. The SMILES string of the molecule is CCC(CC)(CC1CCCO1)C(=O)O. The van der Waals surface area contributed by atoms with Gasteiger partial charge in [-0.15, -0.1) is 0 Å². The molecular weight excluding hydrogens is 180 g/mol. The lowest BCUT2D eigenvalue weighted by Crippen LogP contribution is -2.33. The molecule has 0 spiro atoms. The Morgan fingerprint density at radius 1 is 1.50 bits per heavy atom. The molecule has 1 heterocycles. The molecule has 82 valence electrons. The second kappa shape index (κ2) is 4.78. The Morgan fingerprint density at radius 3 is 2.50 bits per heavy atom. The van der Waals surface area contributed by atoms with Gasteiger partial charge in [0.2, 0.25) is 0 Å². The first-order valence-electron chi connectivity index (χ1n) is 5.49. The minimum atomic E-state index is -0.669. The summed E-state index contributed by atoms with van der Waals surface area (Å²) in [6.45, 7) is 4.70. The highest BCUT2D eigenvalue weighted by Gasteiger charge is 2.38. The Labute approximate surface area is 85.5 Å². The van der Waals surface area contributed by atoms with Crippen molar-refractivity contribution in [2.24, 2.45) is 5.41 Å². The average Bonchev–Trinajstić information content (AvgIpc) is 2.66. The number of ether oxygens (including phenoxy) is 1. The maximum atomic E-state index is 11.2. The van der Waals surface area contributed by atoms with Crippen LogP contribution < -0.4 is 0 Å². The molecule has 0 radical (unpaired) electrons. The molecule has 1 unspecified atom stereocenters. The van der Waals surface area contributed by atoms with Gasteiger partial charge in [0.15, 0.2) is 0 Å². The Balaban J connectivity index is 2.61. The minimum Gasteiger partial charge on any atom is -0.481 e. The first kappa shape index (κ1) is 11.5. The summed E-state index contributed by atoms with van der Waals surface area (Å²) in [5.41, 5.74) is -0.561. The molecule has 1 aliphatic rings. The zero-order valence-corrected chi connectivity index (χ0v) is 9.08. The Hall–Kier alpha value is -0.570. The third-order valence-corrected chi connectivity index (χ3v) is 3.45. The summed E-state index contributed by atoms with van der Waals surface area (Å²) < 4.78 is 5.50. The maximum absolute atomic E-state index is 11.2. The lowest BCUT2D eigenvalue weighted by molar-refractivity contribution is -0.151. The van der Waals surface area contributed by atoms with Gasteiger partial charge in [-0.3, -0.25) is 4.79 Å². The predicted octanol–water partition coefficient (Wildman–Crippen LogP) is 2.45. The summed E-state index contributed by atoms with van der Waals surface area (Å²) in [6.07, 6.45) is 4.33. The number of hydrogen-bond donors (Lipinski definition) is 1.